The van der Waals surface area contributed by atoms with Crippen LogP contribution in [0.2, 0.25) is 0 Å². The molecule has 0 radical (unpaired) electrons. The molecule has 9 heteroatoms. The van der Waals surface area contributed by atoms with E-state index in [-0.39, 0.29) is 36.8 Å². The molecule has 1 aromatic rings. The molecule has 8 nitrogen and oxygen atoms in total. The van der Waals surface area contributed by atoms with E-state index in [1.807, 2.05) is 0 Å². The Labute approximate surface area is 154 Å². The van der Waals surface area contributed by atoms with Gasteiger partial charge in [-0.25, -0.2) is 14.1 Å². The van der Waals surface area contributed by atoms with E-state index in [9.17, 15) is 18.8 Å². The summed E-state index contributed by atoms with van der Waals surface area (Å²) < 4.78 is 25.4. The molecule has 140 valence electrons. The molecule has 0 aliphatic carbocycles. The Bertz CT molecular complexity index is 896. The Morgan fingerprint density at radius 2 is 2.07 bits per heavy atom. The first-order valence-corrected chi connectivity index (χ1v) is 8.40. The van der Waals surface area contributed by atoms with Gasteiger partial charge in [0, 0.05) is 12.6 Å². The van der Waals surface area contributed by atoms with Crippen LogP contribution in [0.25, 0.3) is 0 Å². The van der Waals surface area contributed by atoms with E-state index >= 15 is 0 Å². The lowest BCUT2D eigenvalue weighted by atomic mass is 10.1. The molecule has 2 saturated heterocycles. The van der Waals surface area contributed by atoms with Gasteiger partial charge in [-0.2, -0.15) is 0 Å². The van der Waals surface area contributed by atoms with Crippen LogP contribution in [0.1, 0.15) is 6.92 Å². The fourth-order valence-electron chi connectivity index (χ4n) is 3.59. The third kappa shape index (κ3) is 2.52. The number of amides is 4. The number of ether oxygens (including phenoxy) is 2. The van der Waals surface area contributed by atoms with Crippen molar-refractivity contribution >= 4 is 29.2 Å². The summed E-state index contributed by atoms with van der Waals surface area (Å²) in [4.78, 5) is 41.1. The van der Waals surface area contributed by atoms with Gasteiger partial charge in [0.2, 0.25) is 0 Å². The van der Waals surface area contributed by atoms with Gasteiger partial charge in [0.25, 0.3) is 11.8 Å². The van der Waals surface area contributed by atoms with Gasteiger partial charge in [-0.05, 0) is 13.0 Å². The largest absolute Gasteiger partial charge is 0.481 e. The number of hydrogen-bond donors (Lipinski definition) is 0. The molecule has 0 spiro atoms. The first-order chi connectivity index (χ1) is 12.9. The van der Waals surface area contributed by atoms with Gasteiger partial charge in [-0.3, -0.25) is 14.5 Å². The summed E-state index contributed by atoms with van der Waals surface area (Å²) in [7, 11) is 0. The minimum absolute atomic E-state index is 0.0399. The average molecular weight is 373 g/mol. The van der Waals surface area contributed by atoms with Crippen LogP contribution in [0.3, 0.4) is 0 Å². The lowest BCUT2D eigenvalue weighted by molar-refractivity contribution is -0.127. The Hall–Kier alpha value is -3.12. The number of morpholine rings is 1. The summed E-state index contributed by atoms with van der Waals surface area (Å²) in [6, 6.07) is 0.879. The molecular formula is C18H16FN3O5. The lowest BCUT2D eigenvalue weighted by Crippen LogP contribution is -2.50. The van der Waals surface area contributed by atoms with Crippen molar-refractivity contribution < 1.29 is 28.2 Å². The van der Waals surface area contributed by atoms with Crippen LogP contribution in [0.5, 0.6) is 5.75 Å². The van der Waals surface area contributed by atoms with E-state index in [1.165, 1.54) is 15.9 Å². The number of fused-ring (bicyclic) bond motifs is 2. The van der Waals surface area contributed by atoms with Crippen LogP contribution in [-0.2, 0) is 14.3 Å². The predicted octanol–water partition coefficient (Wildman–Crippen LogP) is 0.740. The Balaban J connectivity index is 1.79. The third-order valence-corrected chi connectivity index (χ3v) is 4.87. The zero-order valence-electron chi connectivity index (χ0n) is 14.5. The molecule has 3 aliphatic heterocycles. The molecule has 0 saturated carbocycles. The average Bonchev–Trinajstić information content (AvgIpc) is 2.89. The van der Waals surface area contributed by atoms with Crippen LogP contribution in [-0.4, -0.2) is 61.2 Å². The fourth-order valence-corrected chi connectivity index (χ4v) is 3.59. The molecule has 3 aliphatic rings. The summed E-state index contributed by atoms with van der Waals surface area (Å²) in [6.07, 6.45) is 4.81. The Kier molecular flexibility index (Phi) is 4.00. The van der Waals surface area contributed by atoms with Gasteiger partial charge in [-0.1, -0.05) is 5.92 Å². The minimum Gasteiger partial charge on any atom is -0.481 e. The van der Waals surface area contributed by atoms with Gasteiger partial charge in [-0.15, -0.1) is 6.42 Å². The quantitative estimate of drug-likeness (QED) is 0.564. The second kappa shape index (κ2) is 6.25. The van der Waals surface area contributed by atoms with Gasteiger partial charge in [0.05, 0.1) is 30.6 Å². The van der Waals surface area contributed by atoms with Crippen LogP contribution < -0.4 is 14.5 Å². The molecule has 1 aromatic carbocycles. The number of rotatable bonds is 2. The highest BCUT2D eigenvalue weighted by Gasteiger charge is 2.51. The fraction of sp³-hybridized carbons (Fsp3) is 0.389. The second-order valence-corrected chi connectivity index (χ2v) is 6.41. The predicted molar refractivity (Wildman–Crippen MR) is 91.9 cm³/mol. The number of urea groups is 1. The summed E-state index contributed by atoms with van der Waals surface area (Å²) in [5.41, 5.74) is -0.0268. The third-order valence-electron chi connectivity index (χ3n) is 4.87. The van der Waals surface area contributed by atoms with E-state index in [2.05, 4.69) is 5.92 Å². The molecular weight excluding hydrogens is 357 g/mol. The van der Waals surface area contributed by atoms with Crippen LogP contribution in [0.4, 0.5) is 20.6 Å². The lowest BCUT2D eigenvalue weighted by Gasteiger charge is -2.31. The number of anilines is 2. The Morgan fingerprint density at radius 3 is 2.78 bits per heavy atom. The van der Waals surface area contributed by atoms with Gasteiger partial charge >= 0.3 is 6.03 Å². The van der Waals surface area contributed by atoms with Crippen molar-refractivity contribution in [2.75, 3.05) is 36.1 Å². The maximum atomic E-state index is 14.7. The van der Waals surface area contributed by atoms with Crippen molar-refractivity contribution in [2.24, 2.45) is 0 Å². The Morgan fingerprint density at radius 1 is 1.30 bits per heavy atom. The van der Waals surface area contributed by atoms with Crippen LogP contribution in [0.15, 0.2) is 12.1 Å². The molecule has 2 atom stereocenters. The van der Waals surface area contributed by atoms with Crippen molar-refractivity contribution in [2.45, 2.75) is 19.1 Å². The van der Waals surface area contributed by atoms with E-state index in [1.54, 1.807) is 6.92 Å². The normalized spacial score (nSPS) is 24.5. The summed E-state index contributed by atoms with van der Waals surface area (Å²) in [5, 5.41) is 0. The van der Waals surface area contributed by atoms with Crippen LogP contribution >= 0.6 is 0 Å². The number of carbonyl (C=O) groups is 3. The van der Waals surface area contributed by atoms with Crippen LogP contribution in [0, 0.1) is 18.2 Å². The van der Waals surface area contributed by atoms with Crippen molar-refractivity contribution in [1.29, 1.82) is 0 Å². The van der Waals surface area contributed by atoms with Crippen molar-refractivity contribution in [1.82, 2.24) is 4.90 Å². The first-order valence-electron chi connectivity index (χ1n) is 8.40. The zero-order valence-corrected chi connectivity index (χ0v) is 14.5. The minimum atomic E-state index is -0.807. The number of halogens is 1. The summed E-state index contributed by atoms with van der Waals surface area (Å²) >= 11 is 0. The van der Waals surface area contributed by atoms with Crippen molar-refractivity contribution in [3.63, 3.8) is 0 Å². The maximum Gasteiger partial charge on any atom is 0.332 e. The summed E-state index contributed by atoms with van der Waals surface area (Å²) in [5.74, 6) is 0.714. The smallest absolute Gasteiger partial charge is 0.332 e. The van der Waals surface area contributed by atoms with Gasteiger partial charge < -0.3 is 14.4 Å². The van der Waals surface area contributed by atoms with Gasteiger partial charge in [0.1, 0.15) is 11.8 Å². The molecule has 4 amide bonds. The molecule has 0 bridgehead atoms. The number of benzene rings is 1. The summed E-state index contributed by atoms with van der Waals surface area (Å²) in [6.45, 7) is 1.93. The molecule has 3 heterocycles. The van der Waals surface area contributed by atoms with E-state index in [0.29, 0.717) is 6.61 Å². The number of imide groups is 1. The molecule has 27 heavy (non-hydrogen) atoms. The molecule has 4 rings (SSSR count). The van der Waals surface area contributed by atoms with Crippen molar-refractivity contribution in [3.05, 3.63) is 17.9 Å². The molecule has 0 aromatic heterocycles. The standard InChI is InChI=1S/C18H16FN3O5/c1-3-4-20-13-8-12(11(19)7-14(13)27-9-15(20)23)22-17(24)16-10(2)26-6-5-21(16)18(22)25/h1,7-8,10,16H,4-6,9H2,2H3. The zero-order chi connectivity index (χ0) is 19.3. The molecule has 2 fully saturated rings. The molecule has 2 unspecified atom stereocenters. The number of carbonyl (C=O) groups excluding carboxylic acids is 3. The second-order valence-electron chi connectivity index (χ2n) is 6.41. The van der Waals surface area contributed by atoms with Gasteiger partial charge in [0.15, 0.2) is 12.4 Å². The van der Waals surface area contributed by atoms with Crippen molar-refractivity contribution in [3.8, 4) is 18.1 Å². The molecule has 0 N–H and O–H groups in total. The topological polar surface area (TPSA) is 79.4 Å². The van der Waals surface area contributed by atoms with E-state index < -0.39 is 35.8 Å². The monoisotopic (exact) mass is 373 g/mol. The maximum absolute atomic E-state index is 14.7. The number of nitrogens with zero attached hydrogens (tertiary/aromatic N) is 3. The number of terminal acetylenes is 1. The highest BCUT2D eigenvalue weighted by atomic mass is 19.1. The number of hydrogen-bond acceptors (Lipinski definition) is 5. The van der Waals surface area contributed by atoms with E-state index in [0.717, 1.165) is 11.0 Å². The first kappa shape index (κ1) is 17.3. The highest BCUT2D eigenvalue weighted by molar-refractivity contribution is 6.22. The highest BCUT2D eigenvalue weighted by Crippen LogP contribution is 2.40. The SMILES string of the molecule is C#CCN1C(=O)COc2cc(F)c(N3C(=O)C4C(C)OCCN4C3=O)cc21. The van der Waals surface area contributed by atoms with E-state index in [4.69, 9.17) is 15.9 Å².